The van der Waals surface area contributed by atoms with E-state index in [1.165, 1.54) is 0 Å². The maximum absolute atomic E-state index is 11.8. The van der Waals surface area contributed by atoms with Crippen molar-refractivity contribution in [1.29, 1.82) is 0 Å². The third-order valence-electron chi connectivity index (χ3n) is 3.21. The number of hydrogen-bond acceptors (Lipinski definition) is 3. The summed E-state index contributed by atoms with van der Waals surface area (Å²) in [7, 11) is 0. The largest absolute Gasteiger partial charge is 0.351 e. The standard InChI is InChI=1S/C16H16N4O/c21-16(14-8-3-4-10-17-14)18-11-5-9-15-19-12-6-1-2-7-13(12)20-15/h1-4,6-8,10H,5,9,11H2,(H,18,21)(H,19,20). The van der Waals surface area contributed by atoms with Crippen LogP contribution in [0, 0.1) is 0 Å². The third kappa shape index (κ3) is 3.25. The van der Waals surface area contributed by atoms with E-state index in [0.29, 0.717) is 12.2 Å². The fourth-order valence-electron chi connectivity index (χ4n) is 2.17. The molecule has 5 heteroatoms. The number of hydrogen-bond donors (Lipinski definition) is 2. The van der Waals surface area contributed by atoms with Gasteiger partial charge in [-0.25, -0.2) is 4.98 Å². The molecule has 0 unspecified atom stereocenters. The van der Waals surface area contributed by atoms with Gasteiger partial charge in [0.2, 0.25) is 0 Å². The molecule has 5 nitrogen and oxygen atoms in total. The molecule has 0 saturated carbocycles. The molecule has 3 aromatic rings. The lowest BCUT2D eigenvalue weighted by Crippen LogP contribution is -2.25. The molecule has 0 atom stereocenters. The van der Waals surface area contributed by atoms with Crippen molar-refractivity contribution in [2.75, 3.05) is 6.54 Å². The molecule has 2 N–H and O–H groups in total. The van der Waals surface area contributed by atoms with E-state index < -0.39 is 0 Å². The Hall–Kier alpha value is -2.69. The van der Waals surface area contributed by atoms with Crippen molar-refractivity contribution in [3.8, 4) is 0 Å². The second kappa shape index (κ2) is 6.17. The smallest absolute Gasteiger partial charge is 0.269 e. The number of nitrogens with zero attached hydrogens (tertiary/aromatic N) is 2. The van der Waals surface area contributed by atoms with Crippen molar-refractivity contribution in [1.82, 2.24) is 20.3 Å². The van der Waals surface area contributed by atoms with Gasteiger partial charge in [-0.3, -0.25) is 9.78 Å². The van der Waals surface area contributed by atoms with Crippen LogP contribution in [0.25, 0.3) is 11.0 Å². The van der Waals surface area contributed by atoms with E-state index >= 15 is 0 Å². The van der Waals surface area contributed by atoms with E-state index in [2.05, 4.69) is 20.3 Å². The highest BCUT2D eigenvalue weighted by molar-refractivity contribution is 5.92. The number of nitrogens with one attached hydrogen (secondary N) is 2. The number of fused-ring (bicyclic) bond motifs is 1. The Bertz CT molecular complexity index is 703. The molecule has 0 aliphatic heterocycles. The van der Waals surface area contributed by atoms with Crippen molar-refractivity contribution >= 4 is 16.9 Å². The number of carbonyl (C=O) groups excluding carboxylic acids is 1. The number of imidazole rings is 1. The Labute approximate surface area is 122 Å². The molecular weight excluding hydrogens is 264 g/mol. The fraction of sp³-hybridized carbons (Fsp3) is 0.188. The lowest BCUT2D eigenvalue weighted by Gasteiger charge is -2.03. The molecule has 21 heavy (non-hydrogen) atoms. The average molecular weight is 280 g/mol. The second-order valence-corrected chi connectivity index (χ2v) is 4.78. The highest BCUT2D eigenvalue weighted by Crippen LogP contribution is 2.11. The average Bonchev–Trinajstić information content (AvgIpc) is 2.95. The zero-order valence-electron chi connectivity index (χ0n) is 11.5. The second-order valence-electron chi connectivity index (χ2n) is 4.78. The quantitative estimate of drug-likeness (QED) is 0.705. The molecule has 1 aromatic carbocycles. The van der Waals surface area contributed by atoms with Crippen molar-refractivity contribution in [2.24, 2.45) is 0 Å². The molecule has 0 aliphatic carbocycles. The highest BCUT2D eigenvalue weighted by atomic mass is 16.1. The van der Waals surface area contributed by atoms with Crippen LogP contribution in [-0.4, -0.2) is 27.4 Å². The van der Waals surface area contributed by atoms with Crippen molar-refractivity contribution in [3.63, 3.8) is 0 Å². The molecule has 2 heterocycles. The number of aromatic amines is 1. The summed E-state index contributed by atoms with van der Waals surface area (Å²) in [5.74, 6) is 0.809. The summed E-state index contributed by atoms with van der Waals surface area (Å²) in [4.78, 5) is 23.6. The topological polar surface area (TPSA) is 70.7 Å². The molecule has 0 bridgehead atoms. The number of rotatable bonds is 5. The number of aryl methyl sites for hydroxylation is 1. The first kappa shape index (κ1) is 13.3. The van der Waals surface area contributed by atoms with Crippen LogP contribution < -0.4 is 5.32 Å². The van der Waals surface area contributed by atoms with Crippen LogP contribution in [0.2, 0.25) is 0 Å². The van der Waals surface area contributed by atoms with E-state index in [4.69, 9.17) is 0 Å². The maximum Gasteiger partial charge on any atom is 0.269 e. The molecule has 0 fully saturated rings. The summed E-state index contributed by atoms with van der Waals surface area (Å²) >= 11 is 0. The van der Waals surface area contributed by atoms with Crippen molar-refractivity contribution in [3.05, 3.63) is 60.2 Å². The van der Waals surface area contributed by atoms with Crippen molar-refractivity contribution < 1.29 is 4.79 Å². The van der Waals surface area contributed by atoms with Crippen LogP contribution in [-0.2, 0) is 6.42 Å². The predicted molar refractivity (Wildman–Crippen MR) is 81.0 cm³/mol. The Morgan fingerprint density at radius 3 is 2.81 bits per heavy atom. The molecular formula is C16H16N4O. The van der Waals surface area contributed by atoms with Crippen LogP contribution in [0.15, 0.2) is 48.7 Å². The van der Waals surface area contributed by atoms with E-state index in [-0.39, 0.29) is 5.91 Å². The molecule has 0 aliphatic rings. The number of aromatic nitrogens is 3. The fourth-order valence-corrected chi connectivity index (χ4v) is 2.17. The van der Waals surface area contributed by atoms with Gasteiger partial charge >= 0.3 is 0 Å². The molecule has 2 aromatic heterocycles. The minimum atomic E-state index is -0.139. The van der Waals surface area contributed by atoms with E-state index in [1.807, 2.05) is 24.3 Å². The lowest BCUT2D eigenvalue weighted by atomic mass is 10.3. The number of pyridine rings is 1. The summed E-state index contributed by atoms with van der Waals surface area (Å²) in [6.07, 6.45) is 3.25. The molecule has 1 amide bonds. The van der Waals surface area contributed by atoms with E-state index in [0.717, 1.165) is 29.7 Å². The first-order chi connectivity index (χ1) is 10.3. The first-order valence-electron chi connectivity index (χ1n) is 6.96. The van der Waals surface area contributed by atoms with Gasteiger partial charge in [0, 0.05) is 19.2 Å². The normalized spacial score (nSPS) is 10.7. The van der Waals surface area contributed by atoms with Gasteiger partial charge in [0.15, 0.2) is 0 Å². The summed E-state index contributed by atoms with van der Waals surface area (Å²) in [6.45, 7) is 0.604. The molecule has 0 radical (unpaired) electrons. The maximum atomic E-state index is 11.8. The monoisotopic (exact) mass is 280 g/mol. The Morgan fingerprint density at radius 1 is 1.14 bits per heavy atom. The molecule has 0 saturated heterocycles. The summed E-state index contributed by atoms with van der Waals surface area (Å²) in [5, 5.41) is 2.86. The number of H-pyrrole nitrogens is 1. The number of benzene rings is 1. The predicted octanol–water partition coefficient (Wildman–Crippen LogP) is 2.32. The van der Waals surface area contributed by atoms with Crippen LogP contribution >= 0.6 is 0 Å². The summed E-state index contributed by atoms with van der Waals surface area (Å²) in [5.41, 5.74) is 2.47. The van der Waals surface area contributed by atoms with Gasteiger partial charge in [0.1, 0.15) is 11.5 Å². The summed E-state index contributed by atoms with van der Waals surface area (Å²) in [6, 6.07) is 13.2. The van der Waals surface area contributed by atoms with Gasteiger partial charge in [-0.15, -0.1) is 0 Å². The Balaban J connectivity index is 1.49. The minimum Gasteiger partial charge on any atom is -0.351 e. The van der Waals surface area contributed by atoms with Crippen molar-refractivity contribution in [2.45, 2.75) is 12.8 Å². The zero-order chi connectivity index (χ0) is 14.5. The van der Waals surface area contributed by atoms with Gasteiger partial charge in [0.05, 0.1) is 11.0 Å². The van der Waals surface area contributed by atoms with E-state index in [9.17, 15) is 4.79 Å². The molecule has 106 valence electrons. The number of amides is 1. The van der Waals surface area contributed by atoms with Gasteiger partial charge in [-0.2, -0.15) is 0 Å². The van der Waals surface area contributed by atoms with Crippen LogP contribution in [0.5, 0.6) is 0 Å². The first-order valence-corrected chi connectivity index (χ1v) is 6.96. The van der Waals surface area contributed by atoms with Crippen LogP contribution in [0.3, 0.4) is 0 Å². The van der Waals surface area contributed by atoms with Gasteiger partial charge in [0.25, 0.3) is 5.91 Å². The van der Waals surface area contributed by atoms with E-state index in [1.54, 1.807) is 24.4 Å². The summed E-state index contributed by atoms with van der Waals surface area (Å²) < 4.78 is 0. The number of carbonyl (C=O) groups is 1. The van der Waals surface area contributed by atoms with Gasteiger partial charge < -0.3 is 10.3 Å². The zero-order valence-corrected chi connectivity index (χ0v) is 11.5. The highest BCUT2D eigenvalue weighted by Gasteiger charge is 2.05. The van der Waals surface area contributed by atoms with Crippen LogP contribution in [0.4, 0.5) is 0 Å². The molecule has 3 rings (SSSR count). The number of para-hydroxylation sites is 2. The van der Waals surface area contributed by atoms with Crippen LogP contribution in [0.1, 0.15) is 22.7 Å². The van der Waals surface area contributed by atoms with Gasteiger partial charge in [-0.05, 0) is 30.7 Å². The lowest BCUT2D eigenvalue weighted by molar-refractivity contribution is 0.0948. The third-order valence-corrected chi connectivity index (χ3v) is 3.21. The Morgan fingerprint density at radius 2 is 2.00 bits per heavy atom. The SMILES string of the molecule is O=C(NCCCc1nc2ccccc2[nH]1)c1ccccn1. The van der Waals surface area contributed by atoms with Gasteiger partial charge in [-0.1, -0.05) is 18.2 Å². The minimum absolute atomic E-state index is 0.139. The Kier molecular flexibility index (Phi) is 3.91. The molecule has 0 spiro atoms.